The fraction of sp³-hybridized carbons (Fsp3) is 0.533. The number of carbonyl (C=O) groups is 1. The van der Waals surface area contributed by atoms with Gasteiger partial charge in [0.15, 0.2) is 0 Å². The highest BCUT2D eigenvalue weighted by Crippen LogP contribution is 2.32. The van der Waals surface area contributed by atoms with Crippen molar-refractivity contribution in [2.75, 3.05) is 25.0 Å². The van der Waals surface area contributed by atoms with Crippen LogP contribution in [-0.2, 0) is 4.79 Å². The van der Waals surface area contributed by atoms with E-state index in [0.717, 1.165) is 30.6 Å². The topological polar surface area (TPSA) is 52.6 Å². The summed E-state index contributed by atoms with van der Waals surface area (Å²) in [7, 11) is 1.67. The third kappa shape index (κ3) is 3.25. The summed E-state index contributed by atoms with van der Waals surface area (Å²) in [5.41, 5.74) is 1.74. The summed E-state index contributed by atoms with van der Waals surface area (Å²) < 4.78 is 0. The smallest absolute Gasteiger partial charge is 0.224 e. The number of aliphatic hydroxyl groups excluding tert-OH is 1. The highest BCUT2D eigenvalue weighted by molar-refractivity contribution is 6.33. The lowest BCUT2D eigenvalue weighted by Crippen LogP contribution is -2.42. The number of hydrogen-bond donors (Lipinski definition) is 2. The van der Waals surface area contributed by atoms with Crippen molar-refractivity contribution in [3.63, 3.8) is 0 Å². The van der Waals surface area contributed by atoms with Gasteiger partial charge in [-0.25, -0.2) is 0 Å². The summed E-state index contributed by atoms with van der Waals surface area (Å²) in [5.74, 6) is 0.104. The number of benzene rings is 1. The zero-order valence-electron chi connectivity index (χ0n) is 11.9. The van der Waals surface area contributed by atoms with Gasteiger partial charge in [0.25, 0.3) is 0 Å². The fourth-order valence-corrected chi connectivity index (χ4v) is 2.96. The van der Waals surface area contributed by atoms with E-state index in [9.17, 15) is 9.90 Å². The van der Waals surface area contributed by atoms with Gasteiger partial charge in [-0.1, -0.05) is 17.7 Å². The van der Waals surface area contributed by atoms with Crippen LogP contribution in [0, 0.1) is 5.92 Å². The normalized spacial score (nSPS) is 20.6. The van der Waals surface area contributed by atoms with E-state index >= 15 is 0 Å². The van der Waals surface area contributed by atoms with Gasteiger partial charge in [0.05, 0.1) is 22.7 Å². The van der Waals surface area contributed by atoms with Crippen LogP contribution in [-0.4, -0.2) is 31.2 Å². The molecule has 0 radical (unpaired) electrons. The van der Waals surface area contributed by atoms with Crippen LogP contribution in [0.25, 0.3) is 0 Å². The van der Waals surface area contributed by atoms with Gasteiger partial charge < -0.3 is 15.3 Å². The summed E-state index contributed by atoms with van der Waals surface area (Å²) in [6.07, 6.45) is 1.37. The van der Waals surface area contributed by atoms with Crippen molar-refractivity contribution in [1.29, 1.82) is 0 Å². The van der Waals surface area contributed by atoms with Crippen molar-refractivity contribution in [3.8, 4) is 0 Å². The molecule has 1 fully saturated rings. The monoisotopic (exact) mass is 296 g/mol. The van der Waals surface area contributed by atoms with Crippen molar-refractivity contribution in [3.05, 3.63) is 28.8 Å². The largest absolute Gasteiger partial charge is 0.389 e. The first-order valence-electron chi connectivity index (χ1n) is 6.97. The molecule has 0 bridgehead atoms. The molecule has 1 saturated heterocycles. The third-order valence-corrected chi connectivity index (χ3v) is 4.14. The van der Waals surface area contributed by atoms with Crippen LogP contribution >= 0.6 is 11.6 Å². The molecule has 1 aliphatic heterocycles. The lowest BCUT2D eigenvalue weighted by molar-refractivity contribution is -0.124. The van der Waals surface area contributed by atoms with Crippen LogP contribution in [0.5, 0.6) is 0 Å². The van der Waals surface area contributed by atoms with Gasteiger partial charge in [0.1, 0.15) is 0 Å². The fourth-order valence-electron chi connectivity index (χ4n) is 2.65. The van der Waals surface area contributed by atoms with Crippen LogP contribution in [0.4, 0.5) is 5.69 Å². The molecular formula is C15H21ClN2O2. The standard InChI is InChI=1S/C15H21ClN2O2/c1-10(19)11-5-6-14(13(16)8-11)18-7-3-4-12(9-18)15(20)17-2/h5-6,8,10,12,19H,3-4,7,9H2,1-2H3,(H,17,20)/t10-,12?/m1/s1. The first-order chi connectivity index (χ1) is 9.52. The minimum atomic E-state index is -0.526. The first-order valence-corrected chi connectivity index (χ1v) is 7.34. The number of piperidine rings is 1. The van der Waals surface area contributed by atoms with Crippen molar-refractivity contribution < 1.29 is 9.90 Å². The van der Waals surface area contributed by atoms with Crippen LogP contribution in [0.3, 0.4) is 0 Å². The molecule has 1 aromatic carbocycles. The van der Waals surface area contributed by atoms with Gasteiger partial charge in [-0.15, -0.1) is 0 Å². The van der Waals surface area contributed by atoms with E-state index in [-0.39, 0.29) is 11.8 Å². The maximum Gasteiger partial charge on any atom is 0.224 e. The summed E-state index contributed by atoms with van der Waals surface area (Å²) in [6.45, 7) is 3.31. The zero-order valence-corrected chi connectivity index (χ0v) is 12.7. The Morgan fingerprint density at radius 2 is 2.30 bits per heavy atom. The minimum absolute atomic E-state index is 0.0151. The SMILES string of the molecule is CNC(=O)C1CCCN(c2ccc([C@@H](C)O)cc2Cl)C1. The molecule has 1 heterocycles. The Bertz CT molecular complexity index is 491. The van der Waals surface area contributed by atoms with E-state index < -0.39 is 6.10 Å². The average Bonchev–Trinajstić information content (AvgIpc) is 2.46. The molecule has 2 rings (SSSR count). The Morgan fingerprint density at radius 3 is 2.90 bits per heavy atom. The molecule has 0 spiro atoms. The van der Waals surface area contributed by atoms with Crippen LogP contribution < -0.4 is 10.2 Å². The number of aliphatic hydroxyl groups is 1. The molecule has 110 valence electrons. The number of anilines is 1. The molecule has 1 unspecified atom stereocenters. The molecule has 0 aromatic heterocycles. The second-order valence-corrected chi connectivity index (χ2v) is 5.69. The maximum atomic E-state index is 11.8. The Labute approximate surface area is 124 Å². The molecule has 1 aliphatic rings. The highest BCUT2D eigenvalue weighted by atomic mass is 35.5. The van der Waals surface area contributed by atoms with Gasteiger partial charge in [-0.2, -0.15) is 0 Å². The molecule has 1 amide bonds. The molecule has 5 heteroatoms. The van der Waals surface area contributed by atoms with E-state index in [1.807, 2.05) is 12.1 Å². The van der Waals surface area contributed by atoms with Gasteiger partial charge in [-0.05, 0) is 37.5 Å². The maximum absolute atomic E-state index is 11.8. The number of carbonyl (C=O) groups excluding carboxylic acids is 1. The molecular weight excluding hydrogens is 276 g/mol. The molecule has 1 aromatic rings. The summed E-state index contributed by atoms with van der Waals surface area (Å²) in [6, 6.07) is 5.61. The quantitative estimate of drug-likeness (QED) is 0.900. The second kappa shape index (κ2) is 6.46. The minimum Gasteiger partial charge on any atom is -0.389 e. The van der Waals surface area contributed by atoms with E-state index in [0.29, 0.717) is 11.6 Å². The van der Waals surface area contributed by atoms with Gasteiger partial charge >= 0.3 is 0 Å². The van der Waals surface area contributed by atoms with E-state index in [1.54, 1.807) is 20.0 Å². The predicted molar refractivity (Wildman–Crippen MR) is 81.1 cm³/mol. The van der Waals surface area contributed by atoms with Crippen LogP contribution in [0.15, 0.2) is 18.2 Å². The number of rotatable bonds is 3. The molecule has 2 N–H and O–H groups in total. The zero-order chi connectivity index (χ0) is 14.7. The Balaban J connectivity index is 2.17. The lowest BCUT2D eigenvalue weighted by Gasteiger charge is -2.34. The molecule has 20 heavy (non-hydrogen) atoms. The summed E-state index contributed by atoms with van der Waals surface area (Å²) in [5, 5.41) is 12.9. The molecule has 2 atom stereocenters. The lowest BCUT2D eigenvalue weighted by atomic mass is 9.96. The van der Waals surface area contributed by atoms with Crippen molar-refractivity contribution in [2.45, 2.75) is 25.9 Å². The molecule has 4 nitrogen and oxygen atoms in total. The van der Waals surface area contributed by atoms with Crippen molar-refractivity contribution >= 4 is 23.2 Å². The van der Waals surface area contributed by atoms with Gasteiger partial charge in [0.2, 0.25) is 5.91 Å². The van der Waals surface area contributed by atoms with Crippen LogP contribution in [0.1, 0.15) is 31.4 Å². The van der Waals surface area contributed by atoms with Crippen LogP contribution in [0.2, 0.25) is 5.02 Å². The summed E-state index contributed by atoms with van der Waals surface area (Å²) >= 11 is 6.31. The first kappa shape index (κ1) is 15.1. The van der Waals surface area contributed by atoms with Gasteiger partial charge in [-0.3, -0.25) is 4.79 Å². The van der Waals surface area contributed by atoms with Crippen molar-refractivity contribution in [2.24, 2.45) is 5.92 Å². The number of hydrogen-bond acceptors (Lipinski definition) is 3. The number of nitrogens with zero attached hydrogens (tertiary/aromatic N) is 1. The van der Waals surface area contributed by atoms with E-state index in [2.05, 4.69) is 10.2 Å². The third-order valence-electron chi connectivity index (χ3n) is 3.83. The second-order valence-electron chi connectivity index (χ2n) is 5.29. The highest BCUT2D eigenvalue weighted by Gasteiger charge is 2.26. The average molecular weight is 297 g/mol. The van der Waals surface area contributed by atoms with E-state index in [4.69, 9.17) is 11.6 Å². The Kier molecular flexibility index (Phi) is 4.89. The Morgan fingerprint density at radius 1 is 1.55 bits per heavy atom. The Hall–Kier alpha value is -1.26. The van der Waals surface area contributed by atoms with Crippen molar-refractivity contribution in [1.82, 2.24) is 5.32 Å². The number of amides is 1. The molecule has 0 saturated carbocycles. The van der Waals surface area contributed by atoms with Gasteiger partial charge in [0, 0.05) is 20.1 Å². The van der Waals surface area contributed by atoms with E-state index in [1.165, 1.54) is 0 Å². The molecule has 0 aliphatic carbocycles. The number of halogens is 1. The predicted octanol–water partition coefficient (Wildman–Crippen LogP) is 2.36. The summed E-state index contributed by atoms with van der Waals surface area (Å²) in [4.78, 5) is 13.9. The number of nitrogens with one attached hydrogen (secondary N) is 1.